The van der Waals surface area contributed by atoms with E-state index in [1.54, 1.807) is 0 Å². The number of thioether (sulfide) groups is 1. The molecule has 0 bridgehead atoms. The standard InChI is InChI=1S/C15H15N5O7S2.Na/c1-5(21)27-2-6-3-28-13-9(12(23)20(13)10(6)14(24)25)18-11(22)8(19-26)7-4-29-15(16)17-7;/h4,9,13,26H,2-3H2,1H3,(H2,16,17)(H,18,22)(H,24,25);/q;+1/p-1/t9-,13-;/m1./s1. The number of amides is 2. The summed E-state index contributed by atoms with van der Waals surface area (Å²) in [7, 11) is 0. The molecule has 1 fully saturated rings. The van der Waals surface area contributed by atoms with Crippen LogP contribution in [-0.4, -0.2) is 68.3 Å². The summed E-state index contributed by atoms with van der Waals surface area (Å²) in [5, 5.41) is 26.9. The molecular formula is C15H14N5NaO7S2. The largest absolute Gasteiger partial charge is 1.00 e. The van der Waals surface area contributed by atoms with Crippen molar-refractivity contribution in [3.05, 3.63) is 22.3 Å². The van der Waals surface area contributed by atoms with E-state index in [4.69, 9.17) is 15.7 Å². The van der Waals surface area contributed by atoms with Gasteiger partial charge in [-0.25, -0.2) is 4.98 Å². The van der Waals surface area contributed by atoms with Crippen LogP contribution < -0.4 is 45.7 Å². The van der Waals surface area contributed by atoms with Crippen molar-refractivity contribution in [2.45, 2.75) is 18.3 Å². The van der Waals surface area contributed by atoms with Crippen molar-refractivity contribution in [1.82, 2.24) is 15.2 Å². The topological polar surface area (TPSA) is 187 Å². The van der Waals surface area contributed by atoms with Crippen LogP contribution >= 0.6 is 23.1 Å². The Morgan fingerprint density at radius 3 is 2.73 bits per heavy atom. The van der Waals surface area contributed by atoms with Crippen LogP contribution in [-0.2, 0) is 23.9 Å². The number of carboxylic acid groups (broad SMARTS) is 1. The number of anilines is 1. The fraction of sp³-hybridized carbons (Fsp3) is 0.333. The van der Waals surface area contributed by atoms with Crippen molar-refractivity contribution in [3.63, 3.8) is 0 Å². The van der Waals surface area contributed by atoms with E-state index in [-0.39, 0.29) is 64.0 Å². The van der Waals surface area contributed by atoms with Gasteiger partial charge >= 0.3 is 35.5 Å². The Hall–Kier alpha value is -2.13. The number of thiazole rings is 1. The summed E-state index contributed by atoms with van der Waals surface area (Å²) in [5.74, 6) is -3.60. The maximum Gasteiger partial charge on any atom is 1.00 e. The third-order valence-corrected chi connectivity index (χ3v) is 6.07. The minimum Gasteiger partial charge on any atom is -0.543 e. The van der Waals surface area contributed by atoms with Crippen molar-refractivity contribution < 1.29 is 63.8 Å². The van der Waals surface area contributed by atoms with Crippen LogP contribution in [0.2, 0.25) is 0 Å². The average Bonchev–Trinajstić information content (AvgIpc) is 3.09. The van der Waals surface area contributed by atoms with Crippen molar-refractivity contribution in [1.29, 1.82) is 0 Å². The molecule has 1 aromatic heterocycles. The van der Waals surface area contributed by atoms with Gasteiger partial charge in [0.25, 0.3) is 11.8 Å². The first kappa shape index (κ1) is 24.1. The number of aliphatic carboxylic acids is 1. The SMILES string of the molecule is CC(=O)OCC1=C(C(=O)[O-])N2C(=O)[C@@H](NC(=O)C(=NO)c3csc(N)n3)[C@H]2SC1.[Na+]. The Bertz CT molecular complexity index is 963. The number of nitrogen functional groups attached to an aromatic ring is 1. The number of fused-ring (bicyclic) bond motifs is 1. The predicted molar refractivity (Wildman–Crippen MR) is 98.5 cm³/mol. The molecule has 4 N–H and O–H groups in total. The zero-order chi connectivity index (χ0) is 21.3. The van der Waals surface area contributed by atoms with Gasteiger partial charge in [-0.15, -0.1) is 23.1 Å². The summed E-state index contributed by atoms with van der Waals surface area (Å²) >= 11 is 2.22. The third kappa shape index (κ3) is 4.62. The molecule has 15 heteroatoms. The van der Waals surface area contributed by atoms with E-state index in [9.17, 15) is 24.3 Å². The number of ether oxygens (including phenoxy) is 1. The Labute approximate surface area is 199 Å². The number of oxime groups is 1. The second kappa shape index (κ2) is 9.78. The second-order valence-electron chi connectivity index (χ2n) is 5.90. The van der Waals surface area contributed by atoms with Crippen molar-refractivity contribution in [2.75, 3.05) is 18.1 Å². The van der Waals surface area contributed by atoms with Crippen molar-refractivity contribution in [3.8, 4) is 0 Å². The maximum atomic E-state index is 12.5. The molecule has 0 aromatic carbocycles. The molecule has 2 aliphatic rings. The van der Waals surface area contributed by atoms with E-state index >= 15 is 0 Å². The summed E-state index contributed by atoms with van der Waals surface area (Å²) in [6.45, 7) is 0.889. The van der Waals surface area contributed by atoms with Gasteiger partial charge in [-0.05, 0) is 0 Å². The molecule has 0 aliphatic carbocycles. The van der Waals surface area contributed by atoms with Crippen molar-refractivity contribution in [2.24, 2.45) is 5.16 Å². The normalized spacial score (nSPS) is 20.6. The van der Waals surface area contributed by atoms with Gasteiger partial charge in [0.15, 0.2) is 10.8 Å². The number of carbonyl (C=O) groups is 4. The molecule has 0 spiro atoms. The molecule has 2 amide bonds. The number of β-lactam (4-membered cyclic amide) rings is 1. The van der Waals surface area contributed by atoms with E-state index in [2.05, 4.69) is 15.5 Å². The number of carbonyl (C=O) groups excluding carboxylic acids is 4. The molecule has 0 saturated carbocycles. The summed E-state index contributed by atoms with van der Waals surface area (Å²) < 4.78 is 4.82. The molecule has 0 unspecified atom stereocenters. The fourth-order valence-electron chi connectivity index (χ4n) is 2.79. The second-order valence-corrected chi connectivity index (χ2v) is 7.90. The molecule has 154 valence electrons. The quantitative estimate of drug-likeness (QED) is 0.0919. The van der Waals surface area contributed by atoms with Gasteiger partial charge in [-0.2, -0.15) is 0 Å². The van der Waals surface area contributed by atoms with Gasteiger partial charge < -0.3 is 30.9 Å². The number of hydrogen-bond donors (Lipinski definition) is 3. The third-order valence-electron chi connectivity index (χ3n) is 4.06. The molecule has 12 nitrogen and oxygen atoms in total. The van der Waals surface area contributed by atoms with Crippen LogP contribution in [0.5, 0.6) is 0 Å². The number of rotatable bonds is 6. The molecule has 30 heavy (non-hydrogen) atoms. The molecule has 3 heterocycles. The van der Waals surface area contributed by atoms with E-state index in [0.29, 0.717) is 0 Å². The summed E-state index contributed by atoms with van der Waals surface area (Å²) in [4.78, 5) is 52.3. The number of carboxylic acids is 1. The van der Waals surface area contributed by atoms with Crippen LogP contribution in [0, 0.1) is 0 Å². The van der Waals surface area contributed by atoms with E-state index in [1.165, 1.54) is 24.1 Å². The zero-order valence-corrected chi connectivity index (χ0v) is 19.4. The average molecular weight is 463 g/mol. The Morgan fingerprint density at radius 2 is 2.20 bits per heavy atom. The molecule has 1 saturated heterocycles. The van der Waals surface area contributed by atoms with Gasteiger partial charge in [-0.1, -0.05) is 5.16 Å². The monoisotopic (exact) mass is 463 g/mol. The van der Waals surface area contributed by atoms with Crippen LogP contribution in [0.25, 0.3) is 0 Å². The molecule has 3 rings (SSSR count). The van der Waals surface area contributed by atoms with Crippen LogP contribution in [0.1, 0.15) is 12.6 Å². The summed E-state index contributed by atoms with van der Waals surface area (Å²) in [6, 6.07) is -1.05. The molecule has 2 aliphatic heterocycles. The molecular weight excluding hydrogens is 449 g/mol. The number of hydrogen-bond acceptors (Lipinski definition) is 12. The Morgan fingerprint density at radius 1 is 1.50 bits per heavy atom. The number of nitrogens with zero attached hydrogens (tertiary/aromatic N) is 3. The first-order valence-electron chi connectivity index (χ1n) is 8.00. The Balaban J connectivity index is 0.00000320. The van der Waals surface area contributed by atoms with E-state index in [1.807, 2.05) is 0 Å². The number of aromatic nitrogens is 1. The maximum absolute atomic E-state index is 12.5. The van der Waals surface area contributed by atoms with Gasteiger partial charge in [0, 0.05) is 23.6 Å². The zero-order valence-electron chi connectivity index (χ0n) is 15.8. The van der Waals surface area contributed by atoms with Crippen LogP contribution in [0.4, 0.5) is 5.13 Å². The number of esters is 1. The number of nitrogens with two attached hydrogens (primary N) is 1. The summed E-state index contributed by atoms with van der Waals surface area (Å²) in [5.41, 5.74) is 4.93. The van der Waals surface area contributed by atoms with Gasteiger partial charge in [0.2, 0.25) is 0 Å². The smallest absolute Gasteiger partial charge is 0.543 e. The minimum absolute atomic E-state index is 0. The van der Waals surface area contributed by atoms with E-state index < -0.39 is 40.9 Å². The van der Waals surface area contributed by atoms with E-state index in [0.717, 1.165) is 16.2 Å². The fourth-order valence-corrected chi connectivity index (χ4v) is 4.67. The molecule has 0 radical (unpaired) electrons. The van der Waals surface area contributed by atoms with Gasteiger partial charge in [0.05, 0.1) is 11.7 Å². The minimum atomic E-state index is -1.59. The number of nitrogens with one attached hydrogen (secondary N) is 1. The van der Waals surface area contributed by atoms with Gasteiger partial charge in [0.1, 0.15) is 23.7 Å². The molecule has 2 atom stereocenters. The Kier molecular flexibility index (Phi) is 7.87. The van der Waals surface area contributed by atoms with Crippen LogP contribution in [0.15, 0.2) is 21.8 Å². The first-order valence-corrected chi connectivity index (χ1v) is 9.93. The van der Waals surface area contributed by atoms with Crippen LogP contribution in [0.3, 0.4) is 0 Å². The summed E-state index contributed by atoms with van der Waals surface area (Å²) in [6.07, 6.45) is 0. The first-order chi connectivity index (χ1) is 13.7. The van der Waals surface area contributed by atoms with Crippen molar-refractivity contribution >= 4 is 57.7 Å². The molecule has 1 aromatic rings. The predicted octanol–water partition coefficient (Wildman–Crippen LogP) is -5.13. The van der Waals surface area contributed by atoms with Gasteiger partial charge in [-0.3, -0.25) is 19.3 Å².